The number of rotatable bonds is 4. The molecule has 2 heterocycles. The molecule has 0 spiro atoms. The standard InChI is InChI=1S/C5H5N8S/c14-2-1-5-8-11-12-13(5)3-4-6-9-10-7-4/h1,3H2,(H,6,7,9,10). The Hall–Kier alpha value is -1.77. The van der Waals surface area contributed by atoms with Crippen molar-refractivity contribution >= 4 is 17.6 Å². The van der Waals surface area contributed by atoms with Crippen LogP contribution in [0.25, 0.3) is 0 Å². The molecule has 0 saturated heterocycles. The minimum absolute atomic E-state index is 0.395. The minimum atomic E-state index is 0.395. The van der Waals surface area contributed by atoms with Gasteiger partial charge < -0.3 is 0 Å². The molecule has 0 fully saturated rings. The van der Waals surface area contributed by atoms with Gasteiger partial charge in [-0.3, -0.25) is 0 Å². The van der Waals surface area contributed by atoms with E-state index in [0.29, 0.717) is 24.6 Å². The van der Waals surface area contributed by atoms with Crippen molar-refractivity contribution in [2.75, 3.05) is 0 Å². The van der Waals surface area contributed by atoms with Gasteiger partial charge in [0.25, 0.3) is 0 Å². The highest BCUT2D eigenvalue weighted by Gasteiger charge is 2.06. The Morgan fingerprint density at radius 2 is 2.29 bits per heavy atom. The lowest BCUT2D eigenvalue weighted by Gasteiger charge is -1.97. The molecule has 2 aromatic heterocycles. The zero-order valence-corrected chi connectivity index (χ0v) is 7.77. The SMILES string of the molecule is S=[C]Cc1nnnn1Cc1nnn[nH]1. The first kappa shape index (κ1) is 8.81. The fourth-order valence-electron chi connectivity index (χ4n) is 0.925. The van der Waals surface area contributed by atoms with Crippen LogP contribution >= 0.6 is 12.2 Å². The van der Waals surface area contributed by atoms with E-state index < -0.39 is 0 Å². The summed E-state index contributed by atoms with van der Waals surface area (Å²) in [6.07, 6.45) is 0.421. The van der Waals surface area contributed by atoms with Gasteiger partial charge in [0.05, 0.1) is 0 Å². The van der Waals surface area contributed by atoms with Crippen LogP contribution in [0.3, 0.4) is 0 Å². The molecule has 0 aliphatic rings. The third-order valence-electron chi connectivity index (χ3n) is 1.53. The molecule has 14 heavy (non-hydrogen) atoms. The monoisotopic (exact) mass is 209 g/mol. The normalized spacial score (nSPS) is 10.3. The summed E-state index contributed by atoms with van der Waals surface area (Å²) in [6, 6.07) is 0. The summed E-state index contributed by atoms with van der Waals surface area (Å²) in [6.45, 7) is 0.395. The van der Waals surface area contributed by atoms with Gasteiger partial charge in [0.1, 0.15) is 6.54 Å². The topological polar surface area (TPSA) is 98.1 Å². The fraction of sp³-hybridized carbons (Fsp3) is 0.400. The first-order chi connectivity index (χ1) is 6.90. The molecule has 71 valence electrons. The number of aromatic nitrogens is 8. The van der Waals surface area contributed by atoms with Gasteiger partial charge in [0.15, 0.2) is 11.6 Å². The molecular weight excluding hydrogens is 204 g/mol. The maximum Gasteiger partial charge on any atom is 0.170 e. The Kier molecular flexibility index (Phi) is 2.49. The summed E-state index contributed by atoms with van der Waals surface area (Å²) in [4.78, 5) is 0. The summed E-state index contributed by atoms with van der Waals surface area (Å²) in [5.41, 5.74) is 0. The third-order valence-corrected chi connectivity index (χ3v) is 1.67. The van der Waals surface area contributed by atoms with Crippen LogP contribution in [-0.4, -0.2) is 46.2 Å². The van der Waals surface area contributed by atoms with Crippen molar-refractivity contribution in [2.24, 2.45) is 0 Å². The molecule has 9 heteroatoms. The van der Waals surface area contributed by atoms with Crippen LogP contribution in [0.1, 0.15) is 11.6 Å². The van der Waals surface area contributed by atoms with Gasteiger partial charge in [-0.25, -0.2) is 9.78 Å². The van der Waals surface area contributed by atoms with Gasteiger partial charge in [0.2, 0.25) is 0 Å². The molecule has 0 bridgehead atoms. The van der Waals surface area contributed by atoms with Crippen molar-refractivity contribution in [3.05, 3.63) is 11.6 Å². The first-order valence-electron chi connectivity index (χ1n) is 3.73. The lowest BCUT2D eigenvalue weighted by molar-refractivity contribution is 0.608. The Bertz CT molecular complexity index is 405. The molecule has 0 saturated carbocycles. The molecule has 1 N–H and O–H groups in total. The molecule has 2 rings (SSSR count). The van der Waals surface area contributed by atoms with Crippen LogP contribution in [0.15, 0.2) is 0 Å². The fourth-order valence-corrected chi connectivity index (χ4v) is 1.05. The van der Waals surface area contributed by atoms with E-state index in [-0.39, 0.29) is 0 Å². The van der Waals surface area contributed by atoms with Gasteiger partial charge in [-0.05, 0) is 20.9 Å². The van der Waals surface area contributed by atoms with Crippen LogP contribution < -0.4 is 0 Å². The van der Waals surface area contributed by atoms with Crippen LogP contribution in [0.5, 0.6) is 0 Å². The van der Waals surface area contributed by atoms with Crippen molar-refractivity contribution in [3.8, 4) is 0 Å². The molecule has 0 aromatic carbocycles. The lowest BCUT2D eigenvalue weighted by Crippen LogP contribution is -2.08. The van der Waals surface area contributed by atoms with E-state index in [4.69, 9.17) is 0 Å². The van der Waals surface area contributed by atoms with Crippen molar-refractivity contribution in [2.45, 2.75) is 13.0 Å². The van der Waals surface area contributed by atoms with E-state index in [1.165, 1.54) is 0 Å². The first-order valence-corrected chi connectivity index (χ1v) is 4.13. The van der Waals surface area contributed by atoms with E-state index >= 15 is 0 Å². The molecule has 0 unspecified atom stereocenters. The molecule has 1 radical (unpaired) electrons. The van der Waals surface area contributed by atoms with Gasteiger partial charge >= 0.3 is 0 Å². The van der Waals surface area contributed by atoms with Gasteiger partial charge in [-0.2, -0.15) is 0 Å². The molecule has 0 amide bonds. The molecular formula is C5H5N8S. The summed E-state index contributed by atoms with van der Waals surface area (Å²) < 4.78 is 1.56. The van der Waals surface area contributed by atoms with Crippen LogP contribution in [-0.2, 0) is 13.0 Å². The highest BCUT2D eigenvalue weighted by molar-refractivity contribution is 7.78. The maximum atomic E-state index is 4.60. The number of hydrogen-bond donors (Lipinski definition) is 1. The highest BCUT2D eigenvalue weighted by atomic mass is 32.1. The highest BCUT2D eigenvalue weighted by Crippen LogP contribution is 1.95. The number of tetrazole rings is 2. The van der Waals surface area contributed by atoms with E-state index in [2.05, 4.69) is 53.7 Å². The molecule has 2 aromatic rings. The smallest absolute Gasteiger partial charge is 0.170 e. The van der Waals surface area contributed by atoms with Crippen LogP contribution in [0.4, 0.5) is 0 Å². The second kappa shape index (κ2) is 3.96. The van der Waals surface area contributed by atoms with Gasteiger partial charge in [0, 0.05) is 11.8 Å². The van der Waals surface area contributed by atoms with Crippen molar-refractivity contribution in [3.63, 3.8) is 0 Å². The molecule has 0 aliphatic carbocycles. The Labute approximate surface area is 83.7 Å². The number of aromatic amines is 1. The maximum absolute atomic E-state index is 4.60. The molecule has 8 nitrogen and oxygen atoms in total. The Morgan fingerprint density at radius 1 is 1.36 bits per heavy atom. The largest absolute Gasteiger partial charge is 0.241 e. The molecule has 0 atom stereocenters. The van der Waals surface area contributed by atoms with Crippen molar-refractivity contribution in [1.29, 1.82) is 0 Å². The minimum Gasteiger partial charge on any atom is -0.241 e. The number of nitrogens with one attached hydrogen (secondary N) is 1. The Balaban J connectivity index is 2.16. The Morgan fingerprint density at radius 3 is 3.00 bits per heavy atom. The third kappa shape index (κ3) is 1.76. The van der Waals surface area contributed by atoms with E-state index in [1.807, 2.05) is 0 Å². The predicted octanol–water partition coefficient (Wildman–Crippen LogP) is -1.35. The lowest BCUT2D eigenvalue weighted by atomic mass is 10.4. The van der Waals surface area contributed by atoms with Crippen LogP contribution in [0.2, 0.25) is 0 Å². The molecule has 0 aliphatic heterocycles. The van der Waals surface area contributed by atoms with E-state index in [9.17, 15) is 0 Å². The van der Waals surface area contributed by atoms with Crippen molar-refractivity contribution in [1.82, 2.24) is 40.8 Å². The average Bonchev–Trinajstić information content (AvgIpc) is 2.80. The quantitative estimate of drug-likeness (QED) is 0.622. The second-order valence-electron chi connectivity index (χ2n) is 2.42. The summed E-state index contributed by atoms with van der Waals surface area (Å²) in [5.74, 6) is 1.22. The predicted molar refractivity (Wildman–Crippen MR) is 47.4 cm³/mol. The van der Waals surface area contributed by atoms with Gasteiger partial charge in [-0.1, -0.05) is 12.2 Å². The summed E-state index contributed by atoms with van der Waals surface area (Å²) in [7, 11) is 0. The van der Waals surface area contributed by atoms with E-state index in [0.717, 1.165) is 0 Å². The average molecular weight is 209 g/mol. The van der Waals surface area contributed by atoms with Crippen LogP contribution in [0, 0.1) is 0 Å². The van der Waals surface area contributed by atoms with Crippen molar-refractivity contribution < 1.29 is 0 Å². The number of hydrogen-bond acceptors (Lipinski definition) is 7. The summed E-state index contributed by atoms with van der Waals surface area (Å²) in [5, 5.41) is 26.8. The number of nitrogens with zero attached hydrogens (tertiary/aromatic N) is 7. The second-order valence-corrected chi connectivity index (χ2v) is 2.71. The number of H-pyrrole nitrogens is 1. The zero-order chi connectivity index (χ0) is 9.80. The number of thiocarbonyl (C=S) groups is 1. The van der Waals surface area contributed by atoms with E-state index in [1.54, 1.807) is 4.68 Å². The summed E-state index contributed by atoms with van der Waals surface area (Å²) >= 11 is 4.60. The van der Waals surface area contributed by atoms with Gasteiger partial charge in [-0.15, -0.1) is 10.2 Å². The zero-order valence-electron chi connectivity index (χ0n) is 6.95.